The molecule has 3 aromatic rings. The average molecular weight is 419 g/mol. The van der Waals surface area contributed by atoms with Crippen molar-refractivity contribution in [2.24, 2.45) is 7.05 Å². The number of hydrogen-bond acceptors (Lipinski definition) is 4. The number of hydrogen-bond donors (Lipinski definition) is 1. The molecule has 2 aromatic heterocycles. The molecule has 0 saturated carbocycles. The minimum atomic E-state index is -0.162. The highest BCUT2D eigenvalue weighted by Crippen LogP contribution is 2.32. The molecule has 0 saturated heterocycles. The summed E-state index contributed by atoms with van der Waals surface area (Å²) in [5, 5.41) is 10.6. The summed E-state index contributed by atoms with van der Waals surface area (Å²) in [5.74, 6) is 0.683. The molecule has 1 N–H and O–H groups in total. The molecule has 0 radical (unpaired) electrons. The molecule has 2 heterocycles. The third-order valence-electron chi connectivity index (χ3n) is 4.37. The van der Waals surface area contributed by atoms with E-state index in [9.17, 15) is 9.90 Å². The van der Waals surface area contributed by atoms with Crippen molar-refractivity contribution in [2.45, 2.75) is 19.3 Å². The number of rotatable bonds is 7. The van der Waals surface area contributed by atoms with E-state index in [0.717, 1.165) is 30.4 Å². The van der Waals surface area contributed by atoms with Gasteiger partial charge in [-0.05, 0) is 55.2 Å². The maximum atomic E-state index is 12.0. The fourth-order valence-corrected chi connectivity index (χ4v) is 3.31. The van der Waals surface area contributed by atoms with Crippen molar-refractivity contribution in [3.63, 3.8) is 0 Å². The number of aromatic hydroxyl groups is 1. The quantitative estimate of drug-likeness (QED) is 0.439. The van der Waals surface area contributed by atoms with Gasteiger partial charge in [0.1, 0.15) is 16.7 Å². The summed E-state index contributed by atoms with van der Waals surface area (Å²) in [5.41, 5.74) is 2.17. The van der Waals surface area contributed by atoms with Gasteiger partial charge in [-0.1, -0.05) is 23.2 Å². The highest BCUT2D eigenvalue weighted by molar-refractivity contribution is 6.32. The fraction of sp³-hybridized carbons (Fsp3) is 0.238. The van der Waals surface area contributed by atoms with E-state index in [1.807, 2.05) is 6.07 Å². The van der Waals surface area contributed by atoms with Crippen LogP contribution in [0.4, 0.5) is 0 Å². The SMILES string of the molecule is Cn1cc(-c2cccnc2Cl)c(OCCCCc2cc(O)ccc2Cl)cc1=O. The molecule has 0 fully saturated rings. The largest absolute Gasteiger partial charge is 0.508 e. The van der Waals surface area contributed by atoms with Crippen LogP contribution in [0, 0.1) is 0 Å². The van der Waals surface area contributed by atoms with Gasteiger partial charge >= 0.3 is 0 Å². The molecule has 28 heavy (non-hydrogen) atoms. The van der Waals surface area contributed by atoms with E-state index in [1.165, 1.54) is 10.6 Å². The zero-order chi connectivity index (χ0) is 20.1. The van der Waals surface area contributed by atoms with E-state index in [0.29, 0.717) is 28.1 Å². The summed E-state index contributed by atoms with van der Waals surface area (Å²) in [6.45, 7) is 0.439. The molecule has 0 unspecified atom stereocenters. The summed E-state index contributed by atoms with van der Waals surface area (Å²) in [4.78, 5) is 16.1. The highest BCUT2D eigenvalue weighted by atomic mass is 35.5. The number of phenolic OH excluding ortho intramolecular Hbond substituents is 1. The van der Waals surface area contributed by atoms with Gasteiger partial charge in [-0.3, -0.25) is 4.79 Å². The second kappa shape index (κ2) is 9.13. The van der Waals surface area contributed by atoms with Gasteiger partial charge in [-0.2, -0.15) is 0 Å². The van der Waals surface area contributed by atoms with Crippen LogP contribution in [0.3, 0.4) is 0 Å². The third kappa shape index (κ3) is 4.86. The van der Waals surface area contributed by atoms with Crippen molar-refractivity contribution in [3.05, 3.63) is 74.9 Å². The summed E-state index contributed by atoms with van der Waals surface area (Å²) in [6.07, 6.45) is 5.64. The van der Waals surface area contributed by atoms with Gasteiger partial charge in [0.2, 0.25) is 0 Å². The summed E-state index contributed by atoms with van der Waals surface area (Å²) >= 11 is 12.4. The van der Waals surface area contributed by atoms with Crippen LogP contribution in [0.25, 0.3) is 11.1 Å². The smallest absolute Gasteiger partial charge is 0.254 e. The molecular formula is C21H20Cl2N2O3. The van der Waals surface area contributed by atoms with Crippen molar-refractivity contribution in [1.82, 2.24) is 9.55 Å². The number of pyridine rings is 2. The summed E-state index contributed by atoms with van der Waals surface area (Å²) < 4.78 is 7.37. The van der Waals surface area contributed by atoms with Crippen LogP contribution >= 0.6 is 23.2 Å². The van der Waals surface area contributed by atoms with Crippen molar-refractivity contribution in [2.75, 3.05) is 6.61 Å². The highest BCUT2D eigenvalue weighted by Gasteiger charge is 2.13. The van der Waals surface area contributed by atoms with Gasteiger partial charge < -0.3 is 14.4 Å². The fourth-order valence-electron chi connectivity index (χ4n) is 2.87. The van der Waals surface area contributed by atoms with E-state index in [2.05, 4.69) is 4.98 Å². The number of nitrogens with zero attached hydrogens (tertiary/aromatic N) is 2. The first-order valence-electron chi connectivity index (χ1n) is 8.87. The molecule has 1 aromatic carbocycles. The lowest BCUT2D eigenvalue weighted by Gasteiger charge is -2.13. The van der Waals surface area contributed by atoms with Gasteiger partial charge in [0, 0.05) is 41.7 Å². The van der Waals surface area contributed by atoms with Crippen molar-refractivity contribution in [3.8, 4) is 22.6 Å². The predicted octanol–water partition coefficient (Wildman–Crippen LogP) is 4.86. The number of aryl methyl sites for hydroxylation is 2. The van der Waals surface area contributed by atoms with Crippen molar-refractivity contribution in [1.29, 1.82) is 0 Å². The van der Waals surface area contributed by atoms with Gasteiger partial charge in [-0.15, -0.1) is 0 Å². The molecule has 0 amide bonds. The Hall–Kier alpha value is -2.50. The molecule has 0 aliphatic rings. The Bertz CT molecular complexity index is 1030. The van der Waals surface area contributed by atoms with Crippen LogP contribution in [0.2, 0.25) is 10.2 Å². The van der Waals surface area contributed by atoms with Gasteiger partial charge in [0.25, 0.3) is 5.56 Å². The van der Waals surface area contributed by atoms with Crippen LogP contribution in [0.5, 0.6) is 11.5 Å². The van der Waals surface area contributed by atoms with Crippen LogP contribution < -0.4 is 10.3 Å². The number of halogens is 2. The zero-order valence-corrected chi connectivity index (χ0v) is 16.9. The second-order valence-corrected chi connectivity index (χ2v) is 7.19. The van der Waals surface area contributed by atoms with Crippen LogP contribution in [0.15, 0.2) is 53.6 Å². The van der Waals surface area contributed by atoms with E-state index in [1.54, 1.807) is 43.7 Å². The predicted molar refractivity (Wildman–Crippen MR) is 111 cm³/mol. The Kier molecular flexibility index (Phi) is 6.60. The van der Waals surface area contributed by atoms with E-state index < -0.39 is 0 Å². The maximum Gasteiger partial charge on any atom is 0.254 e. The number of phenols is 1. The van der Waals surface area contributed by atoms with E-state index in [-0.39, 0.29) is 11.3 Å². The lowest BCUT2D eigenvalue weighted by Crippen LogP contribution is -2.16. The molecule has 0 bridgehead atoms. The monoisotopic (exact) mass is 418 g/mol. The first-order chi connectivity index (χ1) is 13.5. The van der Waals surface area contributed by atoms with Crippen molar-refractivity contribution >= 4 is 23.2 Å². The lowest BCUT2D eigenvalue weighted by atomic mass is 10.1. The molecule has 5 nitrogen and oxygen atoms in total. The molecule has 0 aliphatic heterocycles. The van der Waals surface area contributed by atoms with Crippen LogP contribution in [-0.4, -0.2) is 21.3 Å². The molecule has 7 heteroatoms. The van der Waals surface area contributed by atoms with E-state index in [4.69, 9.17) is 27.9 Å². The first kappa shape index (κ1) is 20.2. The third-order valence-corrected chi connectivity index (χ3v) is 5.04. The summed E-state index contributed by atoms with van der Waals surface area (Å²) in [6, 6.07) is 10.0. The Morgan fingerprint density at radius 1 is 1.14 bits per heavy atom. The molecule has 0 aliphatic carbocycles. The Morgan fingerprint density at radius 3 is 2.75 bits per heavy atom. The number of aromatic nitrogens is 2. The molecule has 0 atom stereocenters. The number of unbranched alkanes of at least 4 members (excludes halogenated alkanes) is 1. The van der Waals surface area contributed by atoms with Gasteiger partial charge in [0.05, 0.1) is 6.61 Å². The Morgan fingerprint density at radius 2 is 1.96 bits per heavy atom. The topological polar surface area (TPSA) is 64.3 Å². The summed E-state index contributed by atoms with van der Waals surface area (Å²) in [7, 11) is 1.68. The van der Waals surface area contributed by atoms with Crippen molar-refractivity contribution < 1.29 is 9.84 Å². The number of ether oxygens (including phenoxy) is 1. The van der Waals surface area contributed by atoms with Crippen LogP contribution in [0.1, 0.15) is 18.4 Å². The minimum Gasteiger partial charge on any atom is -0.508 e. The standard InChI is InChI=1S/C21H20Cl2N2O3/c1-25-13-17(16-6-4-9-24-21(16)23)19(12-20(25)27)28-10-3-2-5-14-11-15(26)7-8-18(14)22/h4,6-9,11-13,26H,2-3,5,10H2,1H3. The molecule has 146 valence electrons. The molecule has 0 spiro atoms. The zero-order valence-electron chi connectivity index (χ0n) is 15.4. The normalized spacial score (nSPS) is 10.8. The van der Waals surface area contributed by atoms with Crippen LogP contribution in [-0.2, 0) is 13.5 Å². The minimum absolute atomic E-state index is 0.162. The van der Waals surface area contributed by atoms with Gasteiger partial charge in [-0.25, -0.2) is 4.98 Å². The average Bonchev–Trinajstić information content (AvgIpc) is 2.67. The second-order valence-electron chi connectivity index (χ2n) is 6.42. The van der Waals surface area contributed by atoms with Gasteiger partial charge in [0.15, 0.2) is 0 Å². The Labute approximate surface area is 173 Å². The molecular weight excluding hydrogens is 399 g/mol. The molecule has 3 rings (SSSR count). The maximum absolute atomic E-state index is 12.0. The van der Waals surface area contributed by atoms with E-state index >= 15 is 0 Å². The first-order valence-corrected chi connectivity index (χ1v) is 9.63. The number of benzene rings is 1. The lowest BCUT2D eigenvalue weighted by molar-refractivity contribution is 0.307. The Balaban J connectivity index is 1.67.